The molecule has 36 heavy (non-hydrogen) atoms. The van der Waals surface area contributed by atoms with Gasteiger partial charge in [0, 0.05) is 16.6 Å². The zero-order valence-electron chi connectivity index (χ0n) is 19.0. The zero-order chi connectivity index (χ0) is 25.7. The number of phenolic OH excluding ortho intramolecular Hbond substituents is 2. The van der Waals surface area contributed by atoms with Crippen molar-refractivity contribution >= 4 is 62.3 Å². The number of hydrogen-bond acceptors (Lipinski definition) is 8. The zero-order valence-corrected chi connectivity index (χ0v) is 21.4. The Balaban J connectivity index is 1.55. The Kier molecular flexibility index (Phi) is 7.91. The summed E-state index contributed by atoms with van der Waals surface area (Å²) in [6, 6.07) is 17.9. The quantitative estimate of drug-likeness (QED) is 0.279. The number of halogens is 1. The van der Waals surface area contributed by atoms with Crippen LogP contribution in [-0.2, 0) is 9.59 Å². The van der Waals surface area contributed by atoms with Crippen LogP contribution in [0.3, 0.4) is 0 Å². The van der Waals surface area contributed by atoms with Crippen molar-refractivity contribution in [1.82, 2.24) is 0 Å². The molecule has 1 aliphatic rings. The van der Waals surface area contributed by atoms with Gasteiger partial charge in [-0.25, -0.2) is 0 Å². The maximum Gasteiger partial charge on any atom is 0.247 e. The number of amides is 2. The number of nitrogens with zero attached hydrogens (tertiary/aromatic N) is 3. The van der Waals surface area contributed by atoms with Crippen LogP contribution >= 0.6 is 27.7 Å². The van der Waals surface area contributed by atoms with Gasteiger partial charge >= 0.3 is 0 Å². The van der Waals surface area contributed by atoms with Crippen molar-refractivity contribution in [3.63, 3.8) is 0 Å². The Bertz CT molecular complexity index is 1330. The normalized spacial score (nSPS) is 16.6. The second-order valence-corrected chi connectivity index (χ2v) is 9.70. The van der Waals surface area contributed by atoms with Gasteiger partial charge in [-0.15, -0.1) is 5.10 Å². The number of phenols is 2. The highest BCUT2D eigenvalue weighted by Crippen LogP contribution is 2.35. The molecule has 0 aliphatic carbocycles. The number of thioether (sulfide) groups is 1. The van der Waals surface area contributed by atoms with Crippen LogP contribution in [0.25, 0.3) is 0 Å². The predicted molar refractivity (Wildman–Crippen MR) is 144 cm³/mol. The standard InChI is InChI=1S/C25H21BrN4O5S/c1-35-21-12-15(2-11-20(21)32)14-27-29-25-30(18-7-9-19(31)10-8-18)24(34)22(36-25)13-23(33)28-17-5-3-16(26)4-6-17/h2-12,14,22,31-32H,13H2,1H3,(H,28,33). The summed E-state index contributed by atoms with van der Waals surface area (Å²) in [5, 5.41) is 30.1. The van der Waals surface area contributed by atoms with Crippen molar-refractivity contribution in [3.8, 4) is 17.2 Å². The summed E-state index contributed by atoms with van der Waals surface area (Å²) in [6.07, 6.45) is 1.40. The van der Waals surface area contributed by atoms with Crippen molar-refractivity contribution in [2.24, 2.45) is 10.2 Å². The SMILES string of the molecule is COc1cc(C=NN=C2SC(CC(=O)Nc3ccc(Br)cc3)C(=O)N2c2ccc(O)cc2)ccc1O. The summed E-state index contributed by atoms with van der Waals surface area (Å²) in [5.74, 6) is -0.284. The fourth-order valence-corrected chi connectivity index (χ4v) is 4.69. The first-order chi connectivity index (χ1) is 17.3. The molecule has 1 atom stereocenters. The van der Waals surface area contributed by atoms with Crippen LogP contribution in [0.5, 0.6) is 17.2 Å². The van der Waals surface area contributed by atoms with Gasteiger partial charge in [0.2, 0.25) is 11.8 Å². The van der Waals surface area contributed by atoms with Crippen LogP contribution in [0.4, 0.5) is 11.4 Å². The minimum Gasteiger partial charge on any atom is -0.508 e. The smallest absolute Gasteiger partial charge is 0.247 e. The van der Waals surface area contributed by atoms with E-state index in [9.17, 15) is 19.8 Å². The van der Waals surface area contributed by atoms with Gasteiger partial charge in [-0.1, -0.05) is 27.7 Å². The Morgan fingerprint density at radius 1 is 1.14 bits per heavy atom. The van der Waals surface area contributed by atoms with E-state index in [0.29, 0.717) is 22.7 Å². The number of methoxy groups -OCH3 is 1. The summed E-state index contributed by atoms with van der Waals surface area (Å²) in [7, 11) is 1.44. The van der Waals surface area contributed by atoms with Crippen molar-refractivity contribution in [1.29, 1.82) is 0 Å². The van der Waals surface area contributed by atoms with Crippen molar-refractivity contribution in [3.05, 3.63) is 76.8 Å². The number of amidine groups is 1. The van der Waals surface area contributed by atoms with Gasteiger partial charge in [-0.2, -0.15) is 5.10 Å². The van der Waals surface area contributed by atoms with E-state index in [2.05, 4.69) is 31.4 Å². The summed E-state index contributed by atoms with van der Waals surface area (Å²) in [5.41, 5.74) is 1.74. The minimum atomic E-state index is -0.711. The summed E-state index contributed by atoms with van der Waals surface area (Å²) in [6.45, 7) is 0. The lowest BCUT2D eigenvalue weighted by Crippen LogP contribution is -2.33. The summed E-state index contributed by atoms with van der Waals surface area (Å²) < 4.78 is 5.99. The molecular formula is C25H21BrN4O5S. The minimum absolute atomic E-state index is 0.000620. The van der Waals surface area contributed by atoms with Crippen molar-refractivity contribution in [2.45, 2.75) is 11.7 Å². The molecule has 3 aromatic rings. The highest BCUT2D eigenvalue weighted by Gasteiger charge is 2.40. The third-order valence-corrected chi connectivity index (χ3v) is 6.75. The molecule has 0 radical (unpaired) electrons. The first-order valence-corrected chi connectivity index (χ1v) is 12.3. The first kappa shape index (κ1) is 25.3. The fraction of sp³-hybridized carbons (Fsp3) is 0.120. The van der Waals surface area contributed by atoms with Gasteiger partial charge in [0.15, 0.2) is 16.7 Å². The maximum absolute atomic E-state index is 13.3. The Labute approximate surface area is 219 Å². The van der Waals surface area contributed by atoms with E-state index < -0.39 is 5.25 Å². The molecule has 4 rings (SSSR count). The molecule has 9 nitrogen and oxygen atoms in total. The summed E-state index contributed by atoms with van der Waals surface area (Å²) >= 11 is 4.48. The number of carbonyl (C=O) groups is 2. The molecule has 1 saturated heterocycles. The molecule has 3 aromatic carbocycles. The number of hydrogen-bond donors (Lipinski definition) is 3. The van der Waals surface area contributed by atoms with Gasteiger partial charge in [-0.3, -0.25) is 14.5 Å². The lowest BCUT2D eigenvalue weighted by Gasteiger charge is -2.16. The highest BCUT2D eigenvalue weighted by atomic mass is 79.9. The van der Waals surface area contributed by atoms with Crippen LogP contribution in [0.15, 0.2) is 81.4 Å². The number of carbonyl (C=O) groups excluding carboxylic acids is 2. The van der Waals surface area contributed by atoms with Crippen LogP contribution in [0, 0.1) is 0 Å². The average Bonchev–Trinajstić information content (AvgIpc) is 3.16. The third kappa shape index (κ3) is 6.04. The number of anilines is 2. The van der Waals surface area contributed by atoms with Gasteiger partial charge in [0.1, 0.15) is 11.0 Å². The van der Waals surface area contributed by atoms with E-state index in [0.717, 1.165) is 16.2 Å². The second kappa shape index (κ2) is 11.3. The molecule has 1 aliphatic heterocycles. The number of nitrogens with one attached hydrogen (secondary N) is 1. The number of aromatic hydroxyl groups is 2. The van der Waals surface area contributed by atoms with Crippen LogP contribution < -0.4 is 15.0 Å². The lowest BCUT2D eigenvalue weighted by atomic mass is 10.2. The predicted octanol–water partition coefficient (Wildman–Crippen LogP) is 4.74. The van der Waals surface area contributed by atoms with E-state index >= 15 is 0 Å². The monoisotopic (exact) mass is 568 g/mol. The topological polar surface area (TPSA) is 124 Å². The van der Waals surface area contributed by atoms with E-state index in [-0.39, 0.29) is 34.9 Å². The second-order valence-electron chi connectivity index (χ2n) is 7.61. The van der Waals surface area contributed by atoms with E-state index in [1.54, 1.807) is 36.4 Å². The molecule has 0 saturated carbocycles. The molecular weight excluding hydrogens is 548 g/mol. The van der Waals surface area contributed by atoms with Crippen LogP contribution in [0.2, 0.25) is 0 Å². The van der Waals surface area contributed by atoms with Crippen molar-refractivity contribution in [2.75, 3.05) is 17.3 Å². The molecule has 3 N–H and O–H groups in total. The molecule has 1 unspecified atom stereocenters. The average molecular weight is 569 g/mol. The molecule has 2 amide bonds. The number of benzene rings is 3. The Hall–Kier alpha value is -3.83. The van der Waals surface area contributed by atoms with Gasteiger partial charge in [0.25, 0.3) is 0 Å². The molecule has 1 heterocycles. The van der Waals surface area contributed by atoms with Gasteiger partial charge in [0.05, 0.1) is 19.0 Å². The molecule has 0 aromatic heterocycles. The van der Waals surface area contributed by atoms with Gasteiger partial charge < -0.3 is 20.3 Å². The van der Waals surface area contributed by atoms with Gasteiger partial charge in [-0.05, 0) is 72.3 Å². The van der Waals surface area contributed by atoms with Crippen LogP contribution in [0.1, 0.15) is 12.0 Å². The third-order valence-electron chi connectivity index (χ3n) is 5.10. The highest BCUT2D eigenvalue weighted by molar-refractivity contribution is 9.10. The molecule has 184 valence electrons. The first-order valence-electron chi connectivity index (χ1n) is 10.7. The number of ether oxygens (including phenoxy) is 1. The molecule has 0 bridgehead atoms. The number of rotatable bonds is 7. The van der Waals surface area contributed by atoms with Crippen molar-refractivity contribution < 1.29 is 24.5 Å². The largest absolute Gasteiger partial charge is 0.508 e. The molecule has 11 heteroatoms. The Morgan fingerprint density at radius 2 is 1.86 bits per heavy atom. The fourth-order valence-electron chi connectivity index (χ4n) is 3.34. The maximum atomic E-state index is 13.3. The summed E-state index contributed by atoms with van der Waals surface area (Å²) in [4.78, 5) is 27.3. The van der Waals surface area contributed by atoms with E-state index in [1.165, 1.54) is 36.4 Å². The lowest BCUT2D eigenvalue weighted by molar-refractivity contribution is -0.121. The van der Waals surface area contributed by atoms with Crippen LogP contribution in [-0.4, -0.2) is 45.8 Å². The molecule has 0 spiro atoms. The van der Waals surface area contributed by atoms with E-state index in [4.69, 9.17) is 4.74 Å². The van der Waals surface area contributed by atoms with E-state index in [1.807, 2.05) is 12.1 Å². The Morgan fingerprint density at radius 3 is 2.56 bits per heavy atom. The molecule has 1 fully saturated rings.